The van der Waals surface area contributed by atoms with E-state index in [-0.39, 0.29) is 0 Å². The van der Waals surface area contributed by atoms with Crippen LogP contribution in [0.15, 0.2) is 28.7 Å². The fourth-order valence-corrected chi connectivity index (χ4v) is 2.37. The molecule has 0 aliphatic heterocycles. The summed E-state index contributed by atoms with van der Waals surface area (Å²) in [5.41, 5.74) is 3.98. The molecule has 0 aliphatic carbocycles. The van der Waals surface area contributed by atoms with Gasteiger partial charge in [0.15, 0.2) is 0 Å². The third kappa shape index (κ3) is 3.22. The summed E-state index contributed by atoms with van der Waals surface area (Å²) in [5, 5.41) is 16.5. The number of aromatic nitrogens is 2. The molecule has 0 fully saturated rings. The molecule has 98 valence electrons. The largest absolute Gasteiger partial charge is 0.307 e. The molecule has 1 N–H and O–H groups in total. The molecule has 0 bridgehead atoms. The maximum atomic E-state index is 8.74. The Kier molecular flexibility index (Phi) is 4.35. The molecule has 1 heterocycles. The van der Waals surface area contributed by atoms with Crippen LogP contribution in [0.5, 0.6) is 0 Å². The number of nitrogens with zero attached hydrogens (tertiary/aromatic N) is 3. The van der Waals surface area contributed by atoms with Gasteiger partial charge in [0.2, 0.25) is 0 Å². The Labute approximate surface area is 121 Å². The van der Waals surface area contributed by atoms with Gasteiger partial charge in [-0.2, -0.15) is 10.4 Å². The Morgan fingerprint density at radius 2 is 2.00 bits per heavy atom. The van der Waals surface area contributed by atoms with E-state index in [1.54, 1.807) is 0 Å². The van der Waals surface area contributed by atoms with Gasteiger partial charge in [-0.1, -0.05) is 12.1 Å². The van der Waals surface area contributed by atoms with E-state index in [1.807, 2.05) is 42.9 Å². The summed E-state index contributed by atoms with van der Waals surface area (Å²) in [6.07, 6.45) is 0. The molecule has 0 amide bonds. The van der Waals surface area contributed by atoms with Gasteiger partial charge in [0.25, 0.3) is 0 Å². The van der Waals surface area contributed by atoms with Crippen LogP contribution in [-0.2, 0) is 20.1 Å². The average molecular weight is 319 g/mol. The number of rotatable bonds is 4. The second-order valence-corrected chi connectivity index (χ2v) is 5.17. The summed E-state index contributed by atoms with van der Waals surface area (Å²) < 4.78 is 2.94. The van der Waals surface area contributed by atoms with E-state index in [2.05, 4.69) is 32.4 Å². The van der Waals surface area contributed by atoms with E-state index in [9.17, 15) is 0 Å². The van der Waals surface area contributed by atoms with Gasteiger partial charge in [0.05, 0.1) is 27.5 Å². The third-order valence-corrected chi connectivity index (χ3v) is 4.00. The number of hydrogen-bond donors (Lipinski definition) is 1. The highest BCUT2D eigenvalue weighted by Gasteiger charge is 2.09. The fourth-order valence-electron chi connectivity index (χ4n) is 1.89. The summed E-state index contributed by atoms with van der Waals surface area (Å²) >= 11 is 3.55. The molecule has 1 aromatic carbocycles. The van der Waals surface area contributed by atoms with Crippen LogP contribution < -0.4 is 5.32 Å². The fraction of sp³-hybridized carbons (Fsp3) is 0.286. The average Bonchev–Trinajstić information content (AvgIpc) is 2.66. The first-order valence-electron chi connectivity index (χ1n) is 5.99. The lowest BCUT2D eigenvalue weighted by atomic mass is 10.1. The summed E-state index contributed by atoms with van der Waals surface area (Å²) in [7, 11) is 1.94. The van der Waals surface area contributed by atoms with E-state index in [1.165, 1.54) is 0 Å². The van der Waals surface area contributed by atoms with Crippen molar-refractivity contribution in [1.29, 1.82) is 5.26 Å². The highest BCUT2D eigenvalue weighted by atomic mass is 79.9. The molecular formula is C14H15BrN4. The molecule has 2 aromatic rings. The second kappa shape index (κ2) is 6.00. The maximum Gasteiger partial charge on any atom is 0.0991 e. The molecule has 0 saturated carbocycles. The van der Waals surface area contributed by atoms with E-state index >= 15 is 0 Å². The molecule has 1 aromatic heterocycles. The van der Waals surface area contributed by atoms with Crippen LogP contribution in [0, 0.1) is 18.3 Å². The van der Waals surface area contributed by atoms with Gasteiger partial charge in [-0.3, -0.25) is 4.68 Å². The van der Waals surface area contributed by atoms with Crippen LogP contribution >= 0.6 is 15.9 Å². The van der Waals surface area contributed by atoms with Crippen molar-refractivity contribution in [3.8, 4) is 6.07 Å². The number of nitriles is 1. The Morgan fingerprint density at radius 3 is 2.53 bits per heavy atom. The van der Waals surface area contributed by atoms with Gasteiger partial charge < -0.3 is 5.32 Å². The van der Waals surface area contributed by atoms with Crippen molar-refractivity contribution in [3.63, 3.8) is 0 Å². The third-order valence-electron chi connectivity index (χ3n) is 2.97. The van der Waals surface area contributed by atoms with Crippen molar-refractivity contribution in [2.45, 2.75) is 20.0 Å². The smallest absolute Gasteiger partial charge is 0.0991 e. The van der Waals surface area contributed by atoms with Crippen molar-refractivity contribution < 1.29 is 0 Å². The summed E-state index contributed by atoms with van der Waals surface area (Å²) in [6, 6.07) is 9.72. The highest BCUT2D eigenvalue weighted by Crippen LogP contribution is 2.19. The summed E-state index contributed by atoms with van der Waals surface area (Å²) in [4.78, 5) is 0. The van der Waals surface area contributed by atoms with Gasteiger partial charge in [0, 0.05) is 20.1 Å². The van der Waals surface area contributed by atoms with Crippen LogP contribution in [0.4, 0.5) is 0 Å². The van der Waals surface area contributed by atoms with E-state index in [4.69, 9.17) is 5.26 Å². The zero-order valence-electron chi connectivity index (χ0n) is 10.9. The molecule has 5 heteroatoms. The minimum absolute atomic E-state index is 0.689. The van der Waals surface area contributed by atoms with Crippen LogP contribution in [-0.4, -0.2) is 9.78 Å². The van der Waals surface area contributed by atoms with Crippen molar-refractivity contribution in [3.05, 3.63) is 51.3 Å². The molecule has 0 aliphatic rings. The van der Waals surface area contributed by atoms with Gasteiger partial charge in [-0.25, -0.2) is 0 Å². The number of aryl methyl sites for hydroxylation is 2. The van der Waals surface area contributed by atoms with Crippen molar-refractivity contribution in [2.24, 2.45) is 7.05 Å². The second-order valence-electron chi connectivity index (χ2n) is 4.38. The molecule has 0 radical (unpaired) electrons. The van der Waals surface area contributed by atoms with Crippen LogP contribution in [0.25, 0.3) is 0 Å². The number of benzene rings is 1. The minimum Gasteiger partial charge on any atom is -0.307 e. The zero-order valence-corrected chi connectivity index (χ0v) is 12.5. The SMILES string of the molecule is Cc1nn(C)c(CNCc2ccc(C#N)cc2)c1Br. The Balaban J connectivity index is 1.94. The minimum atomic E-state index is 0.689. The summed E-state index contributed by atoms with van der Waals surface area (Å²) in [6.45, 7) is 3.49. The Hall–Kier alpha value is -1.64. The number of halogens is 1. The molecular weight excluding hydrogens is 304 g/mol. The quantitative estimate of drug-likeness (QED) is 0.942. The molecule has 2 rings (SSSR count). The molecule has 0 saturated heterocycles. The van der Waals surface area contributed by atoms with Gasteiger partial charge in [-0.15, -0.1) is 0 Å². The number of hydrogen-bond acceptors (Lipinski definition) is 3. The zero-order chi connectivity index (χ0) is 13.8. The first-order valence-corrected chi connectivity index (χ1v) is 6.79. The Morgan fingerprint density at radius 1 is 1.32 bits per heavy atom. The lowest BCUT2D eigenvalue weighted by Crippen LogP contribution is -2.15. The molecule has 0 atom stereocenters. The molecule has 4 nitrogen and oxygen atoms in total. The normalized spacial score (nSPS) is 10.4. The maximum absolute atomic E-state index is 8.74. The standard InChI is InChI=1S/C14H15BrN4/c1-10-14(15)13(19(2)18-10)9-17-8-12-5-3-11(7-16)4-6-12/h3-6,17H,8-9H2,1-2H3. The van der Waals surface area contributed by atoms with E-state index in [0.717, 1.165) is 34.5 Å². The topological polar surface area (TPSA) is 53.6 Å². The predicted octanol–water partition coefficient (Wildman–Crippen LogP) is 2.65. The van der Waals surface area contributed by atoms with Crippen LogP contribution in [0.3, 0.4) is 0 Å². The first kappa shape index (κ1) is 13.8. The van der Waals surface area contributed by atoms with Crippen LogP contribution in [0.1, 0.15) is 22.5 Å². The first-order chi connectivity index (χ1) is 9.11. The Bertz CT molecular complexity index is 608. The highest BCUT2D eigenvalue weighted by molar-refractivity contribution is 9.10. The van der Waals surface area contributed by atoms with Crippen molar-refractivity contribution in [2.75, 3.05) is 0 Å². The van der Waals surface area contributed by atoms with E-state index < -0.39 is 0 Å². The summed E-state index contributed by atoms with van der Waals surface area (Å²) in [5.74, 6) is 0. The van der Waals surface area contributed by atoms with Gasteiger partial charge in [-0.05, 0) is 40.5 Å². The van der Waals surface area contributed by atoms with E-state index in [0.29, 0.717) is 5.56 Å². The lowest BCUT2D eigenvalue weighted by Gasteiger charge is -2.06. The lowest BCUT2D eigenvalue weighted by molar-refractivity contribution is 0.623. The van der Waals surface area contributed by atoms with Gasteiger partial charge in [0.1, 0.15) is 0 Å². The van der Waals surface area contributed by atoms with Crippen LogP contribution in [0.2, 0.25) is 0 Å². The molecule has 0 unspecified atom stereocenters. The molecule has 19 heavy (non-hydrogen) atoms. The predicted molar refractivity (Wildman–Crippen MR) is 77.3 cm³/mol. The van der Waals surface area contributed by atoms with Crippen molar-refractivity contribution >= 4 is 15.9 Å². The monoisotopic (exact) mass is 318 g/mol. The van der Waals surface area contributed by atoms with Gasteiger partial charge >= 0.3 is 0 Å². The van der Waals surface area contributed by atoms with Crippen molar-refractivity contribution in [1.82, 2.24) is 15.1 Å². The molecule has 0 spiro atoms. The number of nitrogens with one attached hydrogen (secondary N) is 1.